The van der Waals surface area contributed by atoms with Crippen LogP contribution in [-0.2, 0) is 0 Å². The number of pyridine rings is 2. The van der Waals surface area contributed by atoms with Crippen molar-refractivity contribution in [2.24, 2.45) is 0 Å². The lowest BCUT2D eigenvalue weighted by Crippen LogP contribution is -1.98. The zero-order valence-corrected chi connectivity index (χ0v) is 18.8. The van der Waals surface area contributed by atoms with Crippen LogP contribution in [0.4, 0.5) is 11.5 Å². The van der Waals surface area contributed by atoms with Crippen molar-refractivity contribution in [1.82, 2.24) is 9.97 Å². The van der Waals surface area contributed by atoms with E-state index in [4.69, 9.17) is 28.2 Å². The lowest BCUT2D eigenvalue weighted by atomic mass is 10.1. The maximum Gasteiger partial charge on any atom is 0.149 e. The summed E-state index contributed by atoms with van der Waals surface area (Å²) < 4.78 is 0. The van der Waals surface area contributed by atoms with Gasteiger partial charge in [-0.05, 0) is 60.2 Å². The van der Waals surface area contributed by atoms with E-state index in [-0.39, 0.29) is 0 Å². The summed E-state index contributed by atoms with van der Waals surface area (Å²) in [4.78, 5) is 11.4. The number of hydrogen-bond acceptors (Lipinski definition) is 5. The molecule has 7 heteroatoms. The van der Waals surface area contributed by atoms with Crippen LogP contribution in [0.2, 0.25) is 10.0 Å². The number of rotatable bonds is 4. The first kappa shape index (κ1) is 20.5. The van der Waals surface area contributed by atoms with Crippen molar-refractivity contribution < 1.29 is 0 Å². The fourth-order valence-corrected chi connectivity index (χ4v) is 4.79. The minimum Gasteiger partial charge on any atom is -0.338 e. The van der Waals surface area contributed by atoms with Crippen molar-refractivity contribution >= 4 is 56.9 Å². The Morgan fingerprint density at radius 1 is 0.906 bits per heavy atom. The Hall–Kier alpha value is -3.43. The molecule has 0 aliphatic heterocycles. The first-order chi connectivity index (χ1) is 15.6. The molecule has 0 bridgehead atoms. The molecule has 0 atom stereocenters. The molecule has 4 nitrogen and oxygen atoms in total. The summed E-state index contributed by atoms with van der Waals surface area (Å²) in [5.74, 6) is 0.446. The van der Waals surface area contributed by atoms with Crippen LogP contribution in [0.25, 0.3) is 31.9 Å². The van der Waals surface area contributed by atoms with Crippen molar-refractivity contribution in [1.29, 1.82) is 5.26 Å². The second kappa shape index (κ2) is 8.60. The van der Waals surface area contributed by atoms with E-state index in [2.05, 4.69) is 28.5 Å². The molecule has 5 rings (SSSR count). The van der Waals surface area contributed by atoms with Gasteiger partial charge < -0.3 is 5.32 Å². The number of nitriles is 1. The van der Waals surface area contributed by atoms with E-state index in [0.29, 0.717) is 27.1 Å². The maximum absolute atomic E-state index is 9.62. The van der Waals surface area contributed by atoms with Crippen molar-refractivity contribution in [2.45, 2.75) is 0 Å². The molecule has 32 heavy (non-hydrogen) atoms. The zero-order valence-electron chi connectivity index (χ0n) is 16.5. The summed E-state index contributed by atoms with van der Waals surface area (Å²) in [6, 6.07) is 25.3. The lowest BCUT2D eigenvalue weighted by Gasteiger charge is -2.11. The standard InChI is InChI=1S/C25H14Cl2N4S/c26-18-6-7-20(19(27)13-18)30-25-17(14-28)11-15-4-5-16(12-22(15)31-25)23-8-9-24(32-23)21-3-1-2-10-29-21/h1-13H,(H,30,31). The number of halogens is 2. The quantitative estimate of drug-likeness (QED) is 0.288. The Labute approximate surface area is 198 Å². The molecule has 154 valence electrons. The summed E-state index contributed by atoms with van der Waals surface area (Å²) >= 11 is 14.0. The Kier molecular flexibility index (Phi) is 5.50. The molecule has 0 amide bonds. The van der Waals surface area contributed by atoms with Gasteiger partial charge in [0.25, 0.3) is 0 Å². The number of aromatic nitrogens is 2. The van der Waals surface area contributed by atoms with Gasteiger partial charge >= 0.3 is 0 Å². The average molecular weight is 473 g/mol. The van der Waals surface area contributed by atoms with Crippen molar-refractivity contribution in [3.8, 4) is 27.1 Å². The summed E-state index contributed by atoms with van der Waals surface area (Å²) in [7, 11) is 0. The Morgan fingerprint density at radius 3 is 2.56 bits per heavy atom. The van der Waals surface area contributed by atoms with Crippen molar-refractivity contribution in [3.63, 3.8) is 0 Å². The van der Waals surface area contributed by atoms with Crippen LogP contribution < -0.4 is 5.32 Å². The van der Waals surface area contributed by atoms with E-state index >= 15 is 0 Å². The summed E-state index contributed by atoms with van der Waals surface area (Å²) in [5.41, 5.74) is 3.85. The second-order valence-electron chi connectivity index (χ2n) is 7.03. The summed E-state index contributed by atoms with van der Waals surface area (Å²) in [5, 5.41) is 14.7. The third kappa shape index (κ3) is 4.04. The number of hydrogen-bond donors (Lipinski definition) is 1. The number of anilines is 2. The van der Waals surface area contributed by atoms with Gasteiger partial charge in [-0.25, -0.2) is 4.98 Å². The van der Waals surface area contributed by atoms with Crippen LogP contribution >= 0.6 is 34.5 Å². The van der Waals surface area contributed by atoms with Crippen molar-refractivity contribution in [3.05, 3.63) is 94.6 Å². The molecule has 0 saturated carbocycles. The van der Waals surface area contributed by atoms with Gasteiger partial charge in [0.05, 0.1) is 32.4 Å². The van der Waals surface area contributed by atoms with Crippen LogP contribution in [0.1, 0.15) is 5.56 Å². The molecule has 1 N–H and O–H groups in total. The van der Waals surface area contributed by atoms with Gasteiger partial charge in [0.2, 0.25) is 0 Å². The Bertz CT molecular complexity index is 1490. The molecule has 0 saturated heterocycles. The highest BCUT2D eigenvalue weighted by Gasteiger charge is 2.12. The third-order valence-corrected chi connectivity index (χ3v) is 6.63. The highest BCUT2D eigenvalue weighted by Crippen LogP contribution is 2.35. The molecule has 0 radical (unpaired) electrons. The topological polar surface area (TPSA) is 61.6 Å². The monoisotopic (exact) mass is 472 g/mol. The molecule has 3 aromatic heterocycles. The molecule has 2 aromatic carbocycles. The van der Waals surface area contributed by atoms with Gasteiger partial charge in [-0.3, -0.25) is 4.98 Å². The van der Waals surface area contributed by atoms with Crippen LogP contribution in [0.5, 0.6) is 0 Å². The van der Waals surface area contributed by atoms with Crippen LogP contribution in [0.3, 0.4) is 0 Å². The molecular weight excluding hydrogens is 459 g/mol. The lowest BCUT2D eigenvalue weighted by molar-refractivity contribution is 1.34. The predicted molar refractivity (Wildman–Crippen MR) is 133 cm³/mol. The predicted octanol–water partition coefficient (Wildman–Crippen LogP) is 7.95. The molecule has 5 aromatic rings. The van der Waals surface area contributed by atoms with E-state index in [1.165, 1.54) is 0 Å². The van der Waals surface area contributed by atoms with Gasteiger partial charge in [-0.15, -0.1) is 11.3 Å². The fraction of sp³-hybridized carbons (Fsp3) is 0. The first-order valence-corrected chi connectivity index (χ1v) is 11.3. The van der Waals surface area contributed by atoms with Gasteiger partial charge in [-0.1, -0.05) is 41.4 Å². The first-order valence-electron chi connectivity index (χ1n) is 9.69. The Morgan fingerprint density at radius 2 is 1.78 bits per heavy atom. The number of fused-ring (bicyclic) bond motifs is 1. The van der Waals surface area contributed by atoms with Crippen LogP contribution in [0, 0.1) is 11.3 Å². The molecular formula is C25H14Cl2N4S. The third-order valence-electron chi connectivity index (χ3n) is 4.93. The summed E-state index contributed by atoms with van der Waals surface area (Å²) in [6.45, 7) is 0. The minimum absolute atomic E-state index is 0.435. The SMILES string of the molecule is N#Cc1cc2ccc(-c3ccc(-c4ccccn4)s3)cc2nc1Nc1ccc(Cl)cc1Cl. The molecule has 0 fully saturated rings. The Balaban J connectivity index is 1.54. The minimum atomic E-state index is 0.435. The number of nitrogens with one attached hydrogen (secondary N) is 1. The molecule has 0 unspecified atom stereocenters. The van der Waals surface area contributed by atoms with Crippen molar-refractivity contribution in [2.75, 3.05) is 5.32 Å². The van der Waals surface area contributed by atoms with E-state index < -0.39 is 0 Å². The van der Waals surface area contributed by atoms with E-state index in [1.807, 2.05) is 42.5 Å². The zero-order chi connectivity index (χ0) is 22.1. The van der Waals surface area contributed by atoms with E-state index in [9.17, 15) is 5.26 Å². The van der Waals surface area contributed by atoms with Gasteiger partial charge in [0.1, 0.15) is 11.9 Å². The fourth-order valence-electron chi connectivity index (χ4n) is 3.36. The van der Waals surface area contributed by atoms with E-state index in [0.717, 1.165) is 31.9 Å². The molecule has 0 spiro atoms. The number of benzene rings is 2. The maximum atomic E-state index is 9.62. The highest BCUT2D eigenvalue weighted by atomic mass is 35.5. The van der Waals surface area contributed by atoms with Crippen LogP contribution in [-0.4, -0.2) is 9.97 Å². The highest BCUT2D eigenvalue weighted by molar-refractivity contribution is 7.18. The van der Waals surface area contributed by atoms with Gasteiger partial charge in [0, 0.05) is 21.5 Å². The number of thiophene rings is 1. The smallest absolute Gasteiger partial charge is 0.149 e. The largest absolute Gasteiger partial charge is 0.338 e. The summed E-state index contributed by atoms with van der Waals surface area (Å²) in [6.07, 6.45) is 1.79. The van der Waals surface area contributed by atoms with Crippen LogP contribution in [0.15, 0.2) is 79.0 Å². The normalized spacial score (nSPS) is 10.8. The van der Waals surface area contributed by atoms with E-state index in [1.54, 1.807) is 35.7 Å². The average Bonchev–Trinajstić information content (AvgIpc) is 3.31. The molecule has 0 aliphatic carbocycles. The second-order valence-corrected chi connectivity index (χ2v) is 8.96. The number of nitrogens with zero attached hydrogens (tertiary/aromatic N) is 3. The van der Waals surface area contributed by atoms with Gasteiger partial charge in [0.15, 0.2) is 0 Å². The molecule has 0 aliphatic rings. The molecule has 3 heterocycles. The van der Waals surface area contributed by atoms with Gasteiger partial charge in [-0.2, -0.15) is 5.26 Å².